The predicted octanol–water partition coefficient (Wildman–Crippen LogP) is 11.2. The zero-order valence-corrected chi connectivity index (χ0v) is 24.2. The van der Waals surface area contributed by atoms with Gasteiger partial charge in [0.1, 0.15) is 0 Å². The summed E-state index contributed by atoms with van der Waals surface area (Å²) in [7, 11) is 0. The lowest BCUT2D eigenvalue weighted by Gasteiger charge is -2.08. The molecule has 0 atom stereocenters. The molecule has 0 radical (unpaired) electrons. The molecular weight excluding hydrogens is 532 g/mol. The van der Waals surface area contributed by atoms with Crippen molar-refractivity contribution in [3.8, 4) is 11.4 Å². The molecule has 0 saturated heterocycles. The largest absolute Gasteiger partial charge is 0.309 e. The fourth-order valence-corrected chi connectivity index (χ4v) is 6.33. The van der Waals surface area contributed by atoms with E-state index in [1.807, 2.05) is 0 Å². The molecule has 208 valence electrons. The monoisotopic (exact) mass is 562 g/mol. The standard InChI is InChI=1S/C42H30N2/c1(3-13-31-23-27-33(28-24-31)43-39-19-9-5-15-35(39)36-16-6-10-20-40(36)43)2-4-14-32-25-29-34(30-26-32)44-41-21-11-7-17-37(41)38-18-8-12-22-42(38)44/h1-30H/b2-1+,13-3+,14-4+. The van der Waals surface area contributed by atoms with E-state index in [2.05, 4.69) is 191 Å². The van der Waals surface area contributed by atoms with Crippen LogP contribution < -0.4 is 0 Å². The van der Waals surface area contributed by atoms with Crippen molar-refractivity contribution in [2.24, 2.45) is 0 Å². The first-order valence-corrected chi connectivity index (χ1v) is 15.0. The van der Waals surface area contributed by atoms with Crippen LogP contribution in [0.5, 0.6) is 0 Å². The zero-order valence-electron chi connectivity index (χ0n) is 24.2. The van der Waals surface area contributed by atoms with Crippen molar-refractivity contribution in [1.29, 1.82) is 0 Å². The maximum Gasteiger partial charge on any atom is 0.0541 e. The van der Waals surface area contributed by atoms with Gasteiger partial charge in [0.25, 0.3) is 0 Å². The molecule has 0 fully saturated rings. The SMILES string of the molecule is C(=C\C=C\c1ccc(-n2c3ccccc3c3ccccc32)cc1)/C=C/c1ccc(-n2c3ccccc3c3ccccc32)cc1. The Bertz CT molecular complexity index is 2080. The second kappa shape index (κ2) is 11.1. The molecule has 8 aromatic rings. The predicted molar refractivity (Wildman–Crippen MR) is 189 cm³/mol. The number of benzene rings is 6. The van der Waals surface area contributed by atoms with Crippen LogP contribution >= 0.6 is 0 Å². The molecule has 6 aromatic carbocycles. The van der Waals surface area contributed by atoms with Crippen LogP contribution in [0.4, 0.5) is 0 Å². The van der Waals surface area contributed by atoms with Crippen molar-refractivity contribution in [1.82, 2.24) is 9.13 Å². The van der Waals surface area contributed by atoms with Gasteiger partial charge < -0.3 is 9.13 Å². The van der Waals surface area contributed by atoms with Gasteiger partial charge in [-0.3, -0.25) is 0 Å². The van der Waals surface area contributed by atoms with Crippen molar-refractivity contribution in [3.05, 3.63) is 181 Å². The Morgan fingerprint density at radius 3 is 0.909 bits per heavy atom. The number of allylic oxidation sites excluding steroid dienone is 4. The van der Waals surface area contributed by atoms with E-state index in [1.54, 1.807) is 0 Å². The van der Waals surface area contributed by atoms with Crippen LogP contribution in [0, 0.1) is 0 Å². The summed E-state index contributed by atoms with van der Waals surface area (Å²) in [6, 6.07) is 52.0. The van der Waals surface area contributed by atoms with Crippen LogP contribution in [0.1, 0.15) is 11.1 Å². The van der Waals surface area contributed by atoms with Gasteiger partial charge in [-0.1, -0.05) is 134 Å². The van der Waals surface area contributed by atoms with E-state index in [9.17, 15) is 0 Å². The average molecular weight is 563 g/mol. The summed E-state index contributed by atoms with van der Waals surface area (Å²) in [5.41, 5.74) is 9.60. The maximum atomic E-state index is 2.35. The third kappa shape index (κ3) is 4.54. The molecule has 0 spiro atoms. The summed E-state index contributed by atoms with van der Waals surface area (Å²) in [5.74, 6) is 0. The summed E-state index contributed by atoms with van der Waals surface area (Å²) in [4.78, 5) is 0. The molecule has 0 saturated carbocycles. The van der Waals surface area contributed by atoms with Gasteiger partial charge in [-0.2, -0.15) is 0 Å². The topological polar surface area (TPSA) is 9.86 Å². The fraction of sp³-hybridized carbons (Fsp3) is 0. The number of rotatable bonds is 6. The Morgan fingerprint density at radius 2 is 0.591 bits per heavy atom. The van der Waals surface area contributed by atoms with Gasteiger partial charge in [-0.05, 0) is 59.7 Å². The van der Waals surface area contributed by atoms with Crippen molar-refractivity contribution >= 4 is 55.8 Å². The lowest BCUT2D eigenvalue weighted by atomic mass is 10.1. The highest BCUT2D eigenvalue weighted by Gasteiger charge is 2.12. The van der Waals surface area contributed by atoms with Crippen LogP contribution in [-0.4, -0.2) is 9.13 Å². The molecule has 2 heteroatoms. The second-order valence-corrected chi connectivity index (χ2v) is 11.0. The van der Waals surface area contributed by atoms with Gasteiger partial charge in [-0.25, -0.2) is 0 Å². The molecular formula is C42H30N2. The van der Waals surface area contributed by atoms with Gasteiger partial charge in [0.2, 0.25) is 0 Å². The minimum absolute atomic E-state index is 1.17. The maximum absolute atomic E-state index is 2.35. The normalized spacial score (nSPS) is 12.3. The van der Waals surface area contributed by atoms with E-state index in [1.165, 1.54) is 66.1 Å². The molecule has 8 rings (SSSR count). The van der Waals surface area contributed by atoms with E-state index >= 15 is 0 Å². The molecule has 0 N–H and O–H groups in total. The first-order valence-electron chi connectivity index (χ1n) is 15.0. The number of hydrogen-bond donors (Lipinski definition) is 0. The molecule has 0 amide bonds. The molecule has 0 aliphatic carbocycles. The molecule has 44 heavy (non-hydrogen) atoms. The van der Waals surface area contributed by atoms with Crippen molar-refractivity contribution in [2.45, 2.75) is 0 Å². The highest BCUT2D eigenvalue weighted by molar-refractivity contribution is 6.10. The molecule has 2 heterocycles. The van der Waals surface area contributed by atoms with Crippen LogP contribution in [0.25, 0.3) is 67.1 Å². The van der Waals surface area contributed by atoms with Crippen molar-refractivity contribution in [3.63, 3.8) is 0 Å². The van der Waals surface area contributed by atoms with E-state index in [4.69, 9.17) is 0 Å². The summed E-state index contributed by atoms with van der Waals surface area (Å²) >= 11 is 0. The van der Waals surface area contributed by atoms with Crippen LogP contribution in [-0.2, 0) is 0 Å². The van der Waals surface area contributed by atoms with E-state index in [-0.39, 0.29) is 0 Å². The lowest BCUT2D eigenvalue weighted by molar-refractivity contribution is 1.18. The molecule has 0 unspecified atom stereocenters. The Kier molecular flexibility index (Phi) is 6.51. The minimum atomic E-state index is 1.17. The molecule has 2 nitrogen and oxygen atoms in total. The molecule has 0 aliphatic rings. The van der Waals surface area contributed by atoms with Crippen molar-refractivity contribution in [2.75, 3.05) is 0 Å². The summed E-state index contributed by atoms with van der Waals surface area (Å²) in [6.07, 6.45) is 12.6. The van der Waals surface area contributed by atoms with Gasteiger partial charge in [0.05, 0.1) is 22.1 Å². The Hall–Kier alpha value is -5.86. The van der Waals surface area contributed by atoms with Crippen molar-refractivity contribution < 1.29 is 0 Å². The Balaban J connectivity index is 0.963. The van der Waals surface area contributed by atoms with Gasteiger partial charge >= 0.3 is 0 Å². The van der Waals surface area contributed by atoms with Gasteiger partial charge in [-0.15, -0.1) is 0 Å². The number of nitrogens with zero attached hydrogens (tertiary/aromatic N) is 2. The van der Waals surface area contributed by atoms with Crippen LogP contribution in [0.2, 0.25) is 0 Å². The zero-order chi connectivity index (χ0) is 29.3. The van der Waals surface area contributed by atoms with Crippen LogP contribution in [0.3, 0.4) is 0 Å². The number of fused-ring (bicyclic) bond motifs is 6. The summed E-state index contributed by atoms with van der Waals surface area (Å²) in [5, 5.41) is 5.13. The summed E-state index contributed by atoms with van der Waals surface area (Å²) < 4.78 is 4.69. The second-order valence-electron chi connectivity index (χ2n) is 11.0. The van der Waals surface area contributed by atoms with Gasteiger partial charge in [0, 0.05) is 32.9 Å². The highest BCUT2D eigenvalue weighted by atomic mass is 15.0. The smallest absolute Gasteiger partial charge is 0.0541 e. The quantitative estimate of drug-likeness (QED) is 0.178. The number of hydrogen-bond acceptors (Lipinski definition) is 0. The molecule has 0 bridgehead atoms. The fourth-order valence-electron chi connectivity index (χ4n) is 6.33. The molecule has 2 aromatic heterocycles. The number of aromatic nitrogens is 2. The summed E-state index contributed by atoms with van der Waals surface area (Å²) in [6.45, 7) is 0. The first-order chi connectivity index (χ1) is 21.8. The van der Waals surface area contributed by atoms with E-state index in [0.29, 0.717) is 0 Å². The lowest BCUT2D eigenvalue weighted by Crippen LogP contribution is -1.93. The van der Waals surface area contributed by atoms with E-state index < -0.39 is 0 Å². The third-order valence-electron chi connectivity index (χ3n) is 8.37. The highest BCUT2D eigenvalue weighted by Crippen LogP contribution is 2.33. The molecule has 0 aliphatic heterocycles. The van der Waals surface area contributed by atoms with Gasteiger partial charge in [0.15, 0.2) is 0 Å². The Labute approximate surface area is 256 Å². The average Bonchev–Trinajstić information content (AvgIpc) is 3.60. The first kappa shape index (κ1) is 25.8. The van der Waals surface area contributed by atoms with Crippen LogP contribution in [0.15, 0.2) is 170 Å². The third-order valence-corrected chi connectivity index (χ3v) is 8.37. The van der Waals surface area contributed by atoms with E-state index in [0.717, 1.165) is 0 Å². The Morgan fingerprint density at radius 1 is 0.295 bits per heavy atom. The number of para-hydroxylation sites is 4. The minimum Gasteiger partial charge on any atom is -0.309 e.